The summed E-state index contributed by atoms with van der Waals surface area (Å²) in [5.41, 5.74) is 0. The minimum Gasteiger partial charge on any atom is -0.379 e. The topological polar surface area (TPSA) is 53.6 Å². The fraction of sp³-hybridized carbons (Fsp3) is 0.923. The average Bonchev–Trinajstić information content (AvgIpc) is 2.46. The van der Waals surface area contributed by atoms with Crippen molar-refractivity contribution in [1.29, 1.82) is 0 Å². The molecule has 2 saturated heterocycles. The van der Waals surface area contributed by atoms with Gasteiger partial charge in [0.2, 0.25) is 5.91 Å². The van der Waals surface area contributed by atoms with Crippen LogP contribution in [-0.2, 0) is 9.53 Å². The first kappa shape index (κ1) is 15.0. The van der Waals surface area contributed by atoms with Crippen LogP contribution in [0.3, 0.4) is 0 Å². The van der Waals surface area contributed by atoms with Crippen LogP contribution in [0.2, 0.25) is 0 Å². The fourth-order valence-electron chi connectivity index (χ4n) is 2.66. The number of carbonyl (C=O) groups is 1. The van der Waals surface area contributed by atoms with Crippen molar-refractivity contribution >= 4 is 17.5 Å². The molecule has 0 bridgehead atoms. The molecule has 0 radical (unpaired) electrons. The minimum absolute atomic E-state index is 0.0723. The largest absolute Gasteiger partial charge is 0.379 e. The number of alkyl halides is 1. The standard InChI is InChI=1S/C13H24ClN3O2/c1-10(14)13(18)16-9-11-2-3-12(15-8-11)17-4-6-19-7-5-17/h10-12,15H,2-9H2,1H3,(H,16,18). The molecule has 2 rings (SSSR count). The maximum atomic E-state index is 11.4. The molecule has 0 spiro atoms. The number of nitrogens with one attached hydrogen (secondary N) is 2. The zero-order chi connectivity index (χ0) is 13.7. The average molecular weight is 290 g/mol. The molecule has 0 aromatic rings. The fourth-order valence-corrected chi connectivity index (χ4v) is 2.74. The highest BCUT2D eigenvalue weighted by Gasteiger charge is 2.26. The molecule has 2 aliphatic rings. The molecule has 2 fully saturated rings. The first-order valence-corrected chi connectivity index (χ1v) is 7.57. The lowest BCUT2D eigenvalue weighted by atomic mass is 9.97. The third kappa shape index (κ3) is 4.60. The first-order valence-electron chi connectivity index (χ1n) is 7.14. The quantitative estimate of drug-likeness (QED) is 0.735. The summed E-state index contributed by atoms with van der Waals surface area (Å²) in [5, 5.41) is 6.03. The lowest BCUT2D eigenvalue weighted by Crippen LogP contribution is -2.54. The van der Waals surface area contributed by atoms with E-state index in [1.165, 1.54) is 0 Å². The van der Waals surface area contributed by atoms with Crippen LogP contribution in [0.15, 0.2) is 0 Å². The van der Waals surface area contributed by atoms with Gasteiger partial charge in [-0.2, -0.15) is 0 Å². The number of rotatable bonds is 4. The Morgan fingerprint density at radius 3 is 2.79 bits per heavy atom. The molecule has 2 heterocycles. The van der Waals surface area contributed by atoms with Crippen molar-refractivity contribution in [2.24, 2.45) is 5.92 Å². The van der Waals surface area contributed by atoms with E-state index in [1.54, 1.807) is 6.92 Å². The number of nitrogens with zero attached hydrogens (tertiary/aromatic N) is 1. The highest BCUT2D eigenvalue weighted by Crippen LogP contribution is 2.17. The van der Waals surface area contributed by atoms with E-state index in [0.29, 0.717) is 12.1 Å². The molecular formula is C13H24ClN3O2. The van der Waals surface area contributed by atoms with Crippen LogP contribution < -0.4 is 10.6 Å². The summed E-state index contributed by atoms with van der Waals surface area (Å²) in [6.45, 7) is 7.09. The molecule has 19 heavy (non-hydrogen) atoms. The van der Waals surface area contributed by atoms with Gasteiger partial charge in [0, 0.05) is 26.2 Å². The number of halogens is 1. The van der Waals surface area contributed by atoms with Crippen LogP contribution in [0, 0.1) is 5.92 Å². The molecule has 1 amide bonds. The van der Waals surface area contributed by atoms with Gasteiger partial charge in [0.25, 0.3) is 0 Å². The summed E-state index contributed by atoms with van der Waals surface area (Å²) in [5.74, 6) is 0.439. The van der Waals surface area contributed by atoms with E-state index < -0.39 is 5.38 Å². The van der Waals surface area contributed by atoms with Crippen LogP contribution in [0.1, 0.15) is 19.8 Å². The monoisotopic (exact) mass is 289 g/mol. The van der Waals surface area contributed by atoms with Gasteiger partial charge in [-0.15, -0.1) is 11.6 Å². The third-order valence-electron chi connectivity index (χ3n) is 3.90. The second-order valence-electron chi connectivity index (χ2n) is 5.38. The van der Waals surface area contributed by atoms with Crippen molar-refractivity contribution in [1.82, 2.24) is 15.5 Å². The zero-order valence-electron chi connectivity index (χ0n) is 11.5. The number of morpholine rings is 1. The van der Waals surface area contributed by atoms with Gasteiger partial charge in [-0.05, 0) is 25.7 Å². The molecule has 2 N–H and O–H groups in total. The molecular weight excluding hydrogens is 266 g/mol. The Bertz CT molecular complexity index is 288. The summed E-state index contributed by atoms with van der Waals surface area (Å²) in [6, 6.07) is 0. The molecule has 2 aliphatic heterocycles. The van der Waals surface area contributed by atoms with Crippen LogP contribution in [0.4, 0.5) is 0 Å². The van der Waals surface area contributed by atoms with Crippen LogP contribution in [0.5, 0.6) is 0 Å². The van der Waals surface area contributed by atoms with Gasteiger partial charge >= 0.3 is 0 Å². The van der Waals surface area contributed by atoms with E-state index in [1.807, 2.05) is 0 Å². The van der Waals surface area contributed by atoms with E-state index in [9.17, 15) is 4.79 Å². The Kier molecular flexibility index (Phi) is 5.88. The Balaban J connectivity index is 1.66. The van der Waals surface area contributed by atoms with Gasteiger partial charge in [0.15, 0.2) is 0 Å². The molecule has 3 atom stereocenters. The first-order chi connectivity index (χ1) is 9.16. The van der Waals surface area contributed by atoms with Crippen molar-refractivity contribution in [2.75, 3.05) is 39.4 Å². The highest BCUT2D eigenvalue weighted by molar-refractivity contribution is 6.30. The Hall–Kier alpha value is -0.360. The number of piperidine rings is 1. The van der Waals surface area contributed by atoms with Crippen molar-refractivity contribution in [2.45, 2.75) is 31.3 Å². The molecule has 5 nitrogen and oxygen atoms in total. The number of hydrogen-bond donors (Lipinski definition) is 2. The summed E-state index contributed by atoms with van der Waals surface area (Å²) in [4.78, 5) is 13.9. The maximum absolute atomic E-state index is 11.4. The van der Waals surface area contributed by atoms with Crippen molar-refractivity contribution < 1.29 is 9.53 Å². The maximum Gasteiger partial charge on any atom is 0.237 e. The Morgan fingerprint density at radius 2 is 2.21 bits per heavy atom. The second-order valence-corrected chi connectivity index (χ2v) is 6.03. The minimum atomic E-state index is -0.447. The number of amides is 1. The lowest BCUT2D eigenvalue weighted by molar-refractivity contribution is -0.120. The van der Waals surface area contributed by atoms with Gasteiger partial charge in [-0.1, -0.05) is 0 Å². The van der Waals surface area contributed by atoms with Gasteiger partial charge in [-0.3, -0.25) is 9.69 Å². The van der Waals surface area contributed by atoms with E-state index in [4.69, 9.17) is 16.3 Å². The van der Waals surface area contributed by atoms with E-state index >= 15 is 0 Å². The highest BCUT2D eigenvalue weighted by atomic mass is 35.5. The molecule has 3 unspecified atom stereocenters. The normalized spacial score (nSPS) is 30.8. The molecule has 0 aliphatic carbocycles. The predicted molar refractivity (Wildman–Crippen MR) is 75.2 cm³/mol. The predicted octanol–water partition coefficient (Wildman–Crippen LogP) is 0.388. The van der Waals surface area contributed by atoms with Gasteiger partial charge in [0.1, 0.15) is 5.38 Å². The Labute approximate surface area is 120 Å². The molecule has 6 heteroatoms. The van der Waals surface area contributed by atoms with Crippen LogP contribution in [-0.4, -0.2) is 61.7 Å². The summed E-state index contributed by atoms with van der Waals surface area (Å²) < 4.78 is 5.37. The van der Waals surface area contributed by atoms with Crippen LogP contribution in [0.25, 0.3) is 0 Å². The van der Waals surface area contributed by atoms with E-state index in [2.05, 4.69) is 15.5 Å². The van der Waals surface area contributed by atoms with Crippen molar-refractivity contribution in [3.8, 4) is 0 Å². The van der Waals surface area contributed by atoms with E-state index in [0.717, 1.165) is 52.2 Å². The third-order valence-corrected chi connectivity index (χ3v) is 4.10. The molecule has 0 aromatic carbocycles. The van der Waals surface area contributed by atoms with Gasteiger partial charge in [0.05, 0.1) is 19.4 Å². The van der Waals surface area contributed by atoms with Gasteiger partial charge < -0.3 is 15.4 Å². The number of carbonyl (C=O) groups excluding carboxylic acids is 1. The lowest BCUT2D eigenvalue weighted by Gasteiger charge is -2.39. The molecule has 0 aromatic heterocycles. The van der Waals surface area contributed by atoms with Crippen molar-refractivity contribution in [3.63, 3.8) is 0 Å². The summed E-state index contributed by atoms with van der Waals surface area (Å²) >= 11 is 5.72. The van der Waals surface area contributed by atoms with E-state index in [-0.39, 0.29) is 5.91 Å². The number of ether oxygens (including phenoxy) is 1. The molecule has 0 saturated carbocycles. The summed E-state index contributed by atoms with van der Waals surface area (Å²) in [6.07, 6.45) is 2.76. The smallest absolute Gasteiger partial charge is 0.237 e. The van der Waals surface area contributed by atoms with Gasteiger partial charge in [-0.25, -0.2) is 0 Å². The number of hydrogen-bond acceptors (Lipinski definition) is 4. The zero-order valence-corrected chi connectivity index (χ0v) is 12.3. The second kappa shape index (κ2) is 7.43. The molecule has 110 valence electrons. The summed E-state index contributed by atoms with van der Waals surface area (Å²) in [7, 11) is 0. The van der Waals surface area contributed by atoms with Crippen LogP contribution >= 0.6 is 11.6 Å². The van der Waals surface area contributed by atoms with Crippen molar-refractivity contribution in [3.05, 3.63) is 0 Å². The SMILES string of the molecule is CC(Cl)C(=O)NCC1CCC(N2CCOCC2)NC1. The Morgan fingerprint density at radius 1 is 1.47 bits per heavy atom.